The fourth-order valence-corrected chi connectivity index (χ4v) is 4.33. The molecule has 0 aromatic heterocycles. The molecule has 0 aliphatic carbocycles. The Morgan fingerprint density at radius 3 is 2.21 bits per heavy atom. The van der Waals surface area contributed by atoms with E-state index in [1.807, 2.05) is 43.8 Å². The van der Waals surface area contributed by atoms with Gasteiger partial charge in [0, 0.05) is 45.0 Å². The van der Waals surface area contributed by atoms with Gasteiger partial charge in [0.15, 0.2) is 0 Å². The van der Waals surface area contributed by atoms with Crippen LogP contribution in [-0.2, 0) is 14.3 Å². The van der Waals surface area contributed by atoms with E-state index in [1.54, 1.807) is 18.2 Å². The zero-order chi connectivity index (χ0) is 23.9. The molecule has 2 aliphatic rings. The molecule has 33 heavy (non-hydrogen) atoms. The number of nitro benzene ring substituents is 1. The molecule has 2 amide bonds. The second-order valence-electron chi connectivity index (χ2n) is 8.55. The van der Waals surface area contributed by atoms with Gasteiger partial charge in [0.05, 0.1) is 28.4 Å². The molecule has 0 saturated carbocycles. The van der Waals surface area contributed by atoms with Crippen LogP contribution >= 0.6 is 0 Å². The summed E-state index contributed by atoms with van der Waals surface area (Å²) in [5.41, 5.74) is 2.25. The molecule has 2 aromatic carbocycles. The number of anilines is 2. The van der Waals surface area contributed by atoms with Gasteiger partial charge in [-0.25, -0.2) is 4.90 Å². The zero-order valence-electron chi connectivity index (χ0n) is 19.0. The number of carbonyl (C=O) groups excluding carboxylic acids is 2. The largest absolute Gasteiger partial charge is 0.378 e. The molecule has 9 heteroatoms. The third-order valence-electron chi connectivity index (χ3n) is 5.77. The molecule has 0 radical (unpaired) electrons. The predicted octanol–water partition coefficient (Wildman–Crippen LogP) is 3.05. The predicted molar refractivity (Wildman–Crippen MR) is 125 cm³/mol. The highest BCUT2D eigenvalue weighted by molar-refractivity contribution is 6.45. The molecule has 2 aromatic rings. The number of non-ortho nitro benzene ring substituents is 1. The number of hydrogen-bond acceptors (Lipinski definition) is 7. The van der Waals surface area contributed by atoms with E-state index < -0.39 is 16.7 Å². The Morgan fingerprint density at radius 2 is 1.64 bits per heavy atom. The van der Waals surface area contributed by atoms with Crippen LogP contribution in [0.5, 0.6) is 0 Å². The molecule has 2 atom stereocenters. The summed E-state index contributed by atoms with van der Waals surface area (Å²) in [6.45, 7) is 4.77. The summed E-state index contributed by atoms with van der Waals surface area (Å²) in [5.74, 6) is -0.864. The van der Waals surface area contributed by atoms with Crippen molar-refractivity contribution in [3.8, 4) is 0 Å². The number of nitrogens with zero attached hydrogens (tertiary/aromatic N) is 4. The standard InChI is InChI=1S/C24H26N4O5/c1-15-13-26(14-16(2)33-15)22-21(17-8-10-18(11-9-17)28(31)32)23(29)27(24(22)30)20-7-5-6-19(12-20)25(3)4/h5-12,15-16H,13-14H2,1-4H3. The number of morpholine rings is 1. The molecule has 9 nitrogen and oxygen atoms in total. The normalized spacial score (nSPS) is 21.1. The average molecular weight is 450 g/mol. The maximum Gasteiger partial charge on any atom is 0.282 e. The van der Waals surface area contributed by atoms with Crippen molar-refractivity contribution in [2.24, 2.45) is 0 Å². The van der Waals surface area contributed by atoms with Crippen LogP contribution in [0.2, 0.25) is 0 Å². The van der Waals surface area contributed by atoms with E-state index in [0.29, 0.717) is 30.0 Å². The maximum absolute atomic E-state index is 13.7. The molecule has 0 bridgehead atoms. The van der Waals surface area contributed by atoms with Crippen molar-refractivity contribution < 1.29 is 19.2 Å². The maximum atomic E-state index is 13.7. The third kappa shape index (κ3) is 4.19. The van der Waals surface area contributed by atoms with Gasteiger partial charge in [-0.05, 0) is 49.7 Å². The first-order valence-corrected chi connectivity index (χ1v) is 10.7. The molecule has 2 heterocycles. The molecule has 2 unspecified atom stereocenters. The first kappa shape index (κ1) is 22.5. The van der Waals surface area contributed by atoms with Gasteiger partial charge in [0.1, 0.15) is 5.70 Å². The van der Waals surface area contributed by atoms with Crippen LogP contribution in [0, 0.1) is 10.1 Å². The van der Waals surface area contributed by atoms with Gasteiger partial charge in [0.25, 0.3) is 17.5 Å². The summed E-state index contributed by atoms with van der Waals surface area (Å²) in [6, 6.07) is 12.9. The summed E-state index contributed by atoms with van der Waals surface area (Å²) >= 11 is 0. The van der Waals surface area contributed by atoms with Crippen molar-refractivity contribution in [3.63, 3.8) is 0 Å². The number of carbonyl (C=O) groups is 2. The van der Waals surface area contributed by atoms with E-state index in [9.17, 15) is 19.7 Å². The summed E-state index contributed by atoms with van der Waals surface area (Å²) in [6.07, 6.45) is -0.234. The van der Waals surface area contributed by atoms with Crippen molar-refractivity contribution in [1.29, 1.82) is 0 Å². The third-order valence-corrected chi connectivity index (χ3v) is 5.77. The molecule has 1 fully saturated rings. The van der Waals surface area contributed by atoms with Crippen molar-refractivity contribution in [2.45, 2.75) is 26.1 Å². The summed E-state index contributed by atoms with van der Waals surface area (Å²) in [7, 11) is 3.77. The Hall–Kier alpha value is -3.72. The van der Waals surface area contributed by atoms with Gasteiger partial charge >= 0.3 is 0 Å². The lowest BCUT2D eigenvalue weighted by atomic mass is 10.0. The monoisotopic (exact) mass is 450 g/mol. The van der Waals surface area contributed by atoms with Crippen molar-refractivity contribution in [2.75, 3.05) is 37.0 Å². The van der Waals surface area contributed by atoms with Gasteiger partial charge in [0.2, 0.25) is 0 Å². The lowest BCUT2D eigenvalue weighted by Gasteiger charge is -2.37. The van der Waals surface area contributed by atoms with Crippen LogP contribution < -0.4 is 9.80 Å². The van der Waals surface area contributed by atoms with Crippen LogP contribution in [0.3, 0.4) is 0 Å². The fraction of sp³-hybridized carbons (Fsp3) is 0.333. The minimum absolute atomic E-state index is 0.0816. The number of rotatable bonds is 5. The highest BCUT2D eigenvalue weighted by Crippen LogP contribution is 2.37. The molecular weight excluding hydrogens is 424 g/mol. The topological polar surface area (TPSA) is 96.2 Å². The molecular formula is C24H26N4O5. The molecule has 1 saturated heterocycles. The van der Waals surface area contributed by atoms with Gasteiger partial charge in [-0.1, -0.05) is 6.07 Å². The highest BCUT2D eigenvalue weighted by atomic mass is 16.6. The van der Waals surface area contributed by atoms with Gasteiger partial charge in [-0.15, -0.1) is 0 Å². The number of amides is 2. The van der Waals surface area contributed by atoms with Gasteiger partial charge in [-0.3, -0.25) is 19.7 Å². The Morgan fingerprint density at radius 1 is 1.00 bits per heavy atom. The average Bonchev–Trinajstić information content (AvgIpc) is 3.03. The molecule has 2 aliphatic heterocycles. The van der Waals surface area contributed by atoms with Crippen LogP contribution in [0.15, 0.2) is 54.2 Å². The van der Waals surface area contributed by atoms with E-state index in [1.165, 1.54) is 29.2 Å². The summed E-state index contributed by atoms with van der Waals surface area (Å²) in [5, 5.41) is 11.1. The van der Waals surface area contributed by atoms with Crippen molar-refractivity contribution in [3.05, 3.63) is 69.9 Å². The van der Waals surface area contributed by atoms with Crippen molar-refractivity contribution in [1.82, 2.24) is 4.90 Å². The summed E-state index contributed by atoms with van der Waals surface area (Å²) in [4.78, 5) is 43.0. The van der Waals surface area contributed by atoms with Crippen molar-refractivity contribution >= 4 is 34.4 Å². The lowest BCUT2D eigenvalue weighted by Crippen LogP contribution is -2.47. The minimum Gasteiger partial charge on any atom is -0.378 e. The molecule has 4 rings (SSSR count). The Kier molecular flexibility index (Phi) is 5.90. The van der Waals surface area contributed by atoms with Gasteiger partial charge in [-0.2, -0.15) is 0 Å². The van der Waals surface area contributed by atoms with Crippen LogP contribution in [-0.4, -0.2) is 61.0 Å². The zero-order valence-corrected chi connectivity index (χ0v) is 19.0. The highest BCUT2D eigenvalue weighted by Gasteiger charge is 2.44. The van der Waals surface area contributed by atoms with E-state index in [4.69, 9.17) is 4.74 Å². The Bertz CT molecular complexity index is 1130. The smallest absolute Gasteiger partial charge is 0.282 e. The van der Waals surface area contributed by atoms with Crippen LogP contribution in [0.1, 0.15) is 19.4 Å². The number of imide groups is 1. The van der Waals surface area contributed by atoms with E-state index >= 15 is 0 Å². The molecule has 172 valence electrons. The van der Waals surface area contributed by atoms with E-state index in [0.717, 1.165) is 5.69 Å². The first-order chi connectivity index (χ1) is 15.7. The number of ether oxygens (including phenoxy) is 1. The molecule has 0 spiro atoms. The quantitative estimate of drug-likeness (QED) is 0.392. The Labute approximate surface area is 192 Å². The summed E-state index contributed by atoms with van der Waals surface area (Å²) < 4.78 is 5.82. The lowest BCUT2D eigenvalue weighted by molar-refractivity contribution is -0.384. The molecule has 0 N–H and O–H groups in total. The number of nitro groups is 1. The van der Waals surface area contributed by atoms with E-state index in [-0.39, 0.29) is 23.5 Å². The fourth-order valence-electron chi connectivity index (χ4n) is 4.33. The van der Waals surface area contributed by atoms with E-state index in [2.05, 4.69) is 0 Å². The number of hydrogen-bond donors (Lipinski definition) is 0. The Balaban J connectivity index is 1.82. The minimum atomic E-state index is -0.495. The van der Waals surface area contributed by atoms with Gasteiger partial charge < -0.3 is 14.5 Å². The number of benzene rings is 2. The van der Waals surface area contributed by atoms with Crippen LogP contribution in [0.4, 0.5) is 17.1 Å². The first-order valence-electron chi connectivity index (χ1n) is 10.7. The van der Waals surface area contributed by atoms with Crippen LogP contribution in [0.25, 0.3) is 5.57 Å². The second-order valence-corrected chi connectivity index (χ2v) is 8.55. The SMILES string of the molecule is CC1CN(C2=C(c3ccc([N+](=O)[O-])cc3)C(=O)N(c3cccc(N(C)C)c3)C2=O)CC(C)O1. The second kappa shape index (κ2) is 8.67.